The lowest BCUT2D eigenvalue weighted by molar-refractivity contribution is -0.683. The number of aromatic nitrogens is 2. The van der Waals surface area contributed by atoms with Crippen LogP contribution in [0.1, 0.15) is 41.4 Å². The number of halogens is 2. The van der Waals surface area contributed by atoms with Gasteiger partial charge in [-0.2, -0.15) is 9.13 Å². The van der Waals surface area contributed by atoms with Crippen molar-refractivity contribution in [3.05, 3.63) is 132 Å². The van der Waals surface area contributed by atoms with Gasteiger partial charge in [-0.25, -0.2) is 0 Å². The Labute approximate surface area is 240 Å². The zero-order chi connectivity index (χ0) is 25.3. The molecule has 0 aliphatic heterocycles. The SMILES string of the molecule is O=C(C[n+]1cccc(C(=O)NNC(=O)c2ccc[n+](CC(=O)c3ccccc3)c2)c1)c1ccccc1.[Br-].[Br-]. The van der Waals surface area contributed by atoms with E-state index in [1.54, 1.807) is 94.3 Å². The summed E-state index contributed by atoms with van der Waals surface area (Å²) in [6.07, 6.45) is 6.45. The molecule has 0 saturated heterocycles. The van der Waals surface area contributed by atoms with Crippen molar-refractivity contribution in [2.75, 3.05) is 0 Å². The average Bonchev–Trinajstić information content (AvgIpc) is 2.92. The van der Waals surface area contributed by atoms with Crippen LogP contribution in [0.4, 0.5) is 0 Å². The third kappa shape index (κ3) is 8.25. The molecular formula is C28H24Br2N4O4. The molecule has 0 aliphatic rings. The van der Waals surface area contributed by atoms with E-state index in [-0.39, 0.29) is 69.7 Å². The Morgan fingerprint density at radius 2 is 0.842 bits per heavy atom. The van der Waals surface area contributed by atoms with E-state index in [0.717, 1.165) is 0 Å². The number of hydrogen-bond donors (Lipinski definition) is 2. The van der Waals surface area contributed by atoms with E-state index in [2.05, 4.69) is 10.9 Å². The molecule has 2 heterocycles. The minimum absolute atomic E-state index is 0. The Bertz CT molecular complexity index is 1310. The summed E-state index contributed by atoms with van der Waals surface area (Å²) in [7, 11) is 0. The lowest BCUT2D eigenvalue weighted by Gasteiger charge is -2.07. The summed E-state index contributed by atoms with van der Waals surface area (Å²) < 4.78 is 3.21. The van der Waals surface area contributed by atoms with Crippen LogP contribution in [0.25, 0.3) is 0 Å². The number of ketones is 2. The maximum atomic E-state index is 12.6. The molecule has 4 rings (SSSR count). The number of nitrogens with one attached hydrogen (secondary N) is 2. The number of carbonyl (C=O) groups excluding carboxylic acids is 4. The lowest BCUT2D eigenvalue weighted by Crippen LogP contribution is -3.00. The number of amides is 2. The third-order valence-corrected chi connectivity index (χ3v) is 5.37. The molecule has 0 atom stereocenters. The quantitative estimate of drug-likeness (QED) is 0.117. The predicted molar refractivity (Wildman–Crippen MR) is 130 cm³/mol. The zero-order valence-electron chi connectivity index (χ0n) is 20.1. The second-order valence-corrected chi connectivity index (χ2v) is 8.02. The normalized spacial score (nSPS) is 9.79. The molecule has 10 heteroatoms. The highest BCUT2D eigenvalue weighted by atomic mass is 79.9. The van der Waals surface area contributed by atoms with Gasteiger partial charge in [-0.1, -0.05) is 60.7 Å². The summed E-state index contributed by atoms with van der Waals surface area (Å²) in [4.78, 5) is 50.0. The van der Waals surface area contributed by atoms with E-state index < -0.39 is 11.8 Å². The topological polar surface area (TPSA) is 100 Å². The van der Waals surface area contributed by atoms with Gasteiger partial charge >= 0.3 is 0 Å². The first-order chi connectivity index (χ1) is 17.5. The molecular weight excluding hydrogens is 616 g/mol. The largest absolute Gasteiger partial charge is 1.00 e. The number of nitrogens with zero attached hydrogens (tertiary/aromatic N) is 2. The van der Waals surface area contributed by atoms with Crippen molar-refractivity contribution >= 4 is 23.4 Å². The van der Waals surface area contributed by atoms with Crippen molar-refractivity contribution < 1.29 is 62.3 Å². The van der Waals surface area contributed by atoms with Crippen molar-refractivity contribution in [3.8, 4) is 0 Å². The summed E-state index contributed by atoms with van der Waals surface area (Å²) in [6.45, 7) is 0.145. The number of rotatable bonds is 8. The second-order valence-electron chi connectivity index (χ2n) is 8.02. The Hall–Kier alpha value is -4.02. The Balaban J connectivity index is 0.00000253. The van der Waals surface area contributed by atoms with Gasteiger partial charge < -0.3 is 34.0 Å². The monoisotopic (exact) mass is 638 g/mol. The van der Waals surface area contributed by atoms with Crippen LogP contribution in [-0.2, 0) is 13.1 Å². The Morgan fingerprint density at radius 1 is 0.500 bits per heavy atom. The van der Waals surface area contributed by atoms with Crippen molar-refractivity contribution in [2.24, 2.45) is 0 Å². The lowest BCUT2D eigenvalue weighted by atomic mass is 10.1. The fourth-order valence-electron chi connectivity index (χ4n) is 3.53. The summed E-state index contributed by atoms with van der Waals surface area (Å²) in [6, 6.07) is 24.2. The van der Waals surface area contributed by atoms with Crippen LogP contribution >= 0.6 is 0 Å². The zero-order valence-corrected chi connectivity index (χ0v) is 23.3. The third-order valence-electron chi connectivity index (χ3n) is 5.37. The van der Waals surface area contributed by atoms with Crippen LogP contribution in [0.5, 0.6) is 0 Å². The number of hydrazine groups is 1. The van der Waals surface area contributed by atoms with Crippen molar-refractivity contribution in [2.45, 2.75) is 13.1 Å². The first-order valence-corrected chi connectivity index (χ1v) is 11.2. The molecule has 2 aromatic heterocycles. The highest BCUT2D eigenvalue weighted by molar-refractivity contribution is 5.99. The van der Waals surface area contributed by atoms with Gasteiger partial charge in [-0.15, -0.1) is 0 Å². The van der Waals surface area contributed by atoms with E-state index in [1.807, 2.05) is 12.1 Å². The standard InChI is InChI=1S/C28H22N4O4.2BrH/c33-25(21-9-3-1-4-10-21)19-31-15-7-13-23(17-31)27(35)29-30-28(36)24-14-8-16-32(18-24)20-26(34)22-11-5-2-6-12-22;;/h1-18H,19-20H2;2*1H. The van der Waals surface area contributed by atoms with Crippen molar-refractivity contribution in [1.82, 2.24) is 10.9 Å². The predicted octanol–water partition coefficient (Wildman–Crippen LogP) is -3.89. The minimum Gasteiger partial charge on any atom is -1.00 e. The molecule has 0 radical (unpaired) electrons. The fraction of sp³-hybridized carbons (Fsp3) is 0.0714. The van der Waals surface area contributed by atoms with Gasteiger partial charge in [0.25, 0.3) is 11.8 Å². The van der Waals surface area contributed by atoms with E-state index in [0.29, 0.717) is 11.1 Å². The first kappa shape index (κ1) is 30.2. The van der Waals surface area contributed by atoms with Crippen LogP contribution in [-0.4, -0.2) is 23.4 Å². The van der Waals surface area contributed by atoms with Crippen LogP contribution in [0.2, 0.25) is 0 Å². The fourth-order valence-corrected chi connectivity index (χ4v) is 3.53. The highest BCUT2D eigenvalue weighted by Gasteiger charge is 2.18. The summed E-state index contributed by atoms with van der Waals surface area (Å²) in [5, 5.41) is 0. The van der Waals surface area contributed by atoms with Crippen LogP contribution < -0.4 is 53.9 Å². The molecule has 0 unspecified atom stereocenters. The van der Waals surface area contributed by atoms with Crippen LogP contribution in [0, 0.1) is 0 Å². The first-order valence-electron chi connectivity index (χ1n) is 11.2. The molecule has 4 aromatic rings. The summed E-state index contributed by atoms with van der Waals surface area (Å²) >= 11 is 0. The van der Waals surface area contributed by atoms with Gasteiger partial charge in [0.15, 0.2) is 24.8 Å². The van der Waals surface area contributed by atoms with Gasteiger partial charge in [-0.3, -0.25) is 30.0 Å². The molecule has 0 fully saturated rings. The molecule has 0 spiro atoms. The van der Waals surface area contributed by atoms with Crippen molar-refractivity contribution in [1.29, 1.82) is 0 Å². The van der Waals surface area contributed by atoms with Gasteiger partial charge in [0.05, 0.1) is 0 Å². The molecule has 0 saturated carbocycles. The molecule has 2 aromatic carbocycles. The molecule has 2 N–H and O–H groups in total. The second kappa shape index (κ2) is 14.7. The molecule has 2 amide bonds. The van der Waals surface area contributed by atoms with Gasteiger partial charge in [0.2, 0.25) is 24.7 Å². The van der Waals surface area contributed by atoms with E-state index in [9.17, 15) is 19.2 Å². The smallest absolute Gasteiger partial charge is 0.275 e. The minimum atomic E-state index is -0.534. The molecule has 8 nitrogen and oxygen atoms in total. The number of pyridine rings is 2. The van der Waals surface area contributed by atoms with Gasteiger partial charge in [-0.05, 0) is 12.1 Å². The molecule has 0 bridgehead atoms. The van der Waals surface area contributed by atoms with E-state index >= 15 is 0 Å². The Kier molecular flexibility index (Phi) is 11.6. The van der Waals surface area contributed by atoms with Gasteiger partial charge in [0, 0.05) is 23.3 Å². The highest BCUT2D eigenvalue weighted by Crippen LogP contribution is 2.02. The number of benzene rings is 2. The molecule has 0 aliphatic carbocycles. The van der Waals surface area contributed by atoms with E-state index in [1.165, 1.54) is 12.4 Å². The Morgan fingerprint density at radius 3 is 1.21 bits per heavy atom. The van der Waals surface area contributed by atoms with E-state index in [4.69, 9.17) is 0 Å². The number of carbonyl (C=O) groups is 4. The maximum absolute atomic E-state index is 12.6. The number of Topliss-reactive ketones (excluding diaryl/α,β-unsaturated/α-hetero) is 2. The molecule has 194 valence electrons. The van der Waals surface area contributed by atoms with Crippen molar-refractivity contribution in [3.63, 3.8) is 0 Å². The number of hydrogen-bond acceptors (Lipinski definition) is 4. The van der Waals surface area contributed by atoms with Crippen LogP contribution in [0.3, 0.4) is 0 Å². The summed E-state index contributed by atoms with van der Waals surface area (Å²) in [5.74, 6) is -1.25. The average molecular weight is 640 g/mol. The molecule has 38 heavy (non-hydrogen) atoms. The maximum Gasteiger partial charge on any atom is 0.275 e. The summed E-state index contributed by atoms with van der Waals surface area (Å²) in [5.41, 5.74) is 6.47. The van der Waals surface area contributed by atoms with Crippen LogP contribution in [0.15, 0.2) is 110 Å². The van der Waals surface area contributed by atoms with Gasteiger partial charge in [0.1, 0.15) is 11.1 Å².